The highest BCUT2D eigenvalue weighted by Gasteiger charge is 2.30. The van der Waals surface area contributed by atoms with Gasteiger partial charge < -0.3 is 24.4 Å². The molecule has 1 fully saturated rings. The van der Waals surface area contributed by atoms with E-state index in [0.717, 1.165) is 48.9 Å². The molecule has 0 bridgehead atoms. The number of nitrogens with one attached hydrogen (secondary N) is 1. The molecule has 134 valence electrons. The van der Waals surface area contributed by atoms with E-state index in [2.05, 4.69) is 34.5 Å². The van der Waals surface area contributed by atoms with Crippen molar-refractivity contribution in [2.45, 2.75) is 12.3 Å². The van der Waals surface area contributed by atoms with Crippen LogP contribution in [0.5, 0.6) is 11.5 Å². The van der Waals surface area contributed by atoms with Crippen LogP contribution >= 0.6 is 0 Å². The molecule has 1 amide bonds. The Labute approximate surface area is 151 Å². The van der Waals surface area contributed by atoms with Crippen LogP contribution in [0.1, 0.15) is 23.5 Å². The van der Waals surface area contributed by atoms with Crippen molar-refractivity contribution in [2.75, 3.05) is 43.3 Å². The Balaban J connectivity index is 1.47. The SMILES string of the molecule is O=C1CC(c2ccc(N3CCOCC3)cc2)c2cc3c(cc2N1)OCO3. The number of nitrogens with zero attached hydrogens (tertiary/aromatic N) is 1. The highest BCUT2D eigenvalue weighted by Crippen LogP contribution is 2.44. The molecule has 0 radical (unpaired) electrons. The summed E-state index contributed by atoms with van der Waals surface area (Å²) in [6, 6.07) is 12.4. The van der Waals surface area contributed by atoms with E-state index in [-0.39, 0.29) is 18.6 Å². The number of benzene rings is 2. The number of fused-ring (bicyclic) bond motifs is 2. The fraction of sp³-hybridized carbons (Fsp3) is 0.350. The number of anilines is 2. The molecule has 1 N–H and O–H groups in total. The average molecular weight is 352 g/mol. The summed E-state index contributed by atoms with van der Waals surface area (Å²) in [7, 11) is 0. The van der Waals surface area contributed by atoms with Gasteiger partial charge in [0.25, 0.3) is 0 Å². The van der Waals surface area contributed by atoms with Gasteiger partial charge in [-0.05, 0) is 29.3 Å². The van der Waals surface area contributed by atoms with Gasteiger partial charge >= 0.3 is 0 Å². The number of carbonyl (C=O) groups excluding carboxylic acids is 1. The molecule has 5 rings (SSSR count). The zero-order valence-electron chi connectivity index (χ0n) is 14.4. The van der Waals surface area contributed by atoms with E-state index in [1.165, 1.54) is 5.69 Å². The molecule has 6 heteroatoms. The van der Waals surface area contributed by atoms with Crippen LogP contribution in [0.4, 0.5) is 11.4 Å². The van der Waals surface area contributed by atoms with Crippen LogP contribution in [0.25, 0.3) is 0 Å². The number of ether oxygens (including phenoxy) is 3. The largest absolute Gasteiger partial charge is 0.454 e. The molecule has 0 aliphatic carbocycles. The van der Waals surface area contributed by atoms with Crippen LogP contribution < -0.4 is 19.7 Å². The number of rotatable bonds is 2. The van der Waals surface area contributed by atoms with Crippen LogP contribution in [0.3, 0.4) is 0 Å². The Morgan fingerprint density at radius 3 is 2.50 bits per heavy atom. The summed E-state index contributed by atoms with van der Waals surface area (Å²) in [6.07, 6.45) is 0.434. The minimum Gasteiger partial charge on any atom is -0.454 e. The molecule has 0 aromatic heterocycles. The summed E-state index contributed by atoms with van der Waals surface area (Å²) >= 11 is 0. The number of amides is 1. The fourth-order valence-corrected chi connectivity index (χ4v) is 3.89. The summed E-state index contributed by atoms with van der Waals surface area (Å²) in [5, 5.41) is 2.96. The number of carbonyl (C=O) groups is 1. The minimum atomic E-state index is 0.0204. The molecule has 3 heterocycles. The van der Waals surface area contributed by atoms with Gasteiger partial charge in [0.1, 0.15) is 0 Å². The Morgan fingerprint density at radius 1 is 1.00 bits per heavy atom. The molecular formula is C20H20N2O4. The van der Waals surface area contributed by atoms with Gasteiger partial charge in [0.05, 0.1) is 13.2 Å². The Morgan fingerprint density at radius 2 is 1.73 bits per heavy atom. The molecule has 6 nitrogen and oxygen atoms in total. The first-order valence-corrected chi connectivity index (χ1v) is 8.94. The van der Waals surface area contributed by atoms with E-state index < -0.39 is 0 Å². The fourth-order valence-electron chi connectivity index (χ4n) is 3.89. The highest BCUT2D eigenvalue weighted by atomic mass is 16.7. The number of hydrogen-bond donors (Lipinski definition) is 1. The molecule has 2 aromatic rings. The quantitative estimate of drug-likeness (QED) is 0.901. The van der Waals surface area contributed by atoms with E-state index >= 15 is 0 Å². The summed E-state index contributed by atoms with van der Waals surface area (Å²) in [5.74, 6) is 1.48. The first kappa shape index (κ1) is 15.5. The van der Waals surface area contributed by atoms with Crippen molar-refractivity contribution >= 4 is 17.3 Å². The van der Waals surface area contributed by atoms with Crippen molar-refractivity contribution in [2.24, 2.45) is 0 Å². The van der Waals surface area contributed by atoms with Crippen molar-refractivity contribution < 1.29 is 19.0 Å². The van der Waals surface area contributed by atoms with Crippen molar-refractivity contribution in [3.05, 3.63) is 47.5 Å². The molecule has 1 saturated heterocycles. The van der Waals surface area contributed by atoms with Crippen LogP contribution in [-0.2, 0) is 9.53 Å². The zero-order chi connectivity index (χ0) is 17.5. The molecule has 2 aromatic carbocycles. The van der Waals surface area contributed by atoms with Gasteiger partial charge in [-0.3, -0.25) is 4.79 Å². The second-order valence-corrected chi connectivity index (χ2v) is 6.79. The van der Waals surface area contributed by atoms with Crippen molar-refractivity contribution in [3.8, 4) is 11.5 Å². The highest BCUT2D eigenvalue weighted by molar-refractivity contribution is 5.96. The monoisotopic (exact) mass is 352 g/mol. The normalized spacial score (nSPS) is 21.3. The lowest BCUT2D eigenvalue weighted by Crippen LogP contribution is -2.36. The summed E-state index contributed by atoms with van der Waals surface area (Å²) in [6.45, 7) is 3.59. The molecule has 1 unspecified atom stereocenters. The van der Waals surface area contributed by atoms with Gasteiger partial charge in [-0.15, -0.1) is 0 Å². The van der Waals surface area contributed by atoms with E-state index in [0.29, 0.717) is 12.2 Å². The number of morpholine rings is 1. The summed E-state index contributed by atoms with van der Waals surface area (Å²) in [5.41, 5.74) is 4.22. The molecule has 0 spiro atoms. The van der Waals surface area contributed by atoms with Crippen LogP contribution in [0.2, 0.25) is 0 Å². The molecule has 1 atom stereocenters. The van der Waals surface area contributed by atoms with E-state index in [1.807, 2.05) is 12.1 Å². The van der Waals surface area contributed by atoms with Crippen molar-refractivity contribution in [3.63, 3.8) is 0 Å². The lowest BCUT2D eigenvalue weighted by atomic mass is 9.84. The van der Waals surface area contributed by atoms with Gasteiger partial charge in [-0.2, -0.15) is 0 Å². The Bertz CT molecular complexity index is 844. The van der Waals surface area contributed by atoms with Gasteiger partial charge in [-0.25, -0.2) is 0 Å². The van der Waals surface area contributed by atoms with Crippen LogP contribution in [0, 0.1) is 0 Å². The summed E-state index contributed by atoms with van der Waals surface area (Å²) in [4.78, 5) is 14.5. The third-order valence-electron chi connectivity index (χ3n) is 5.26. The standard InChI is InChI=1S/C20H20N2O4/c23-20-10-15(16-9-18-19(26-12-25-18)11-17(16)21-20)13-1-3-14(4-2-13)22-5-7-24-8-6-22/h1-4,9,11,15H,5-8,10,12H2,(H,21,23). The van der Waals surface area contributed by atoms with Crippen molar-refractivity contribution in [1.82, 2.24) is 0 Å². The van der Waals surface area contributed by atoms with Gasteiger partial charge in [0, 0.05) is 42.9 Å². The smallest absolute Gasteiger partial charge is 0.231 e. The van der Waals surface area contributed by atoms with Crippen LogP contribution in [0.15, 0.2) is 36.4 Å². The zero-order valence-corrected chi connectivity index (χ0v) is 14.4. The Hall–Kier alpha value is -2.73. The third-order valence-corrected chi connectivity index (χ3v) is 5.26. The maximum absolute atomic E-state index is 12.2. The molecule has 0 saturated carbocycles. The van der Waals surface area contributed by atoms with E-state index in [9.17, 15) is 4.79 Å². The van der Waals surface area contributed by atoms with Gasteiger partial charge in [0.2, 0.25) is 12.7 Å². The average Bonchev–Trinajstić information content (AvgIpc) is 3.14. The maximum atomic E-state index is 12.2. The van der Waals surface area contributed by atoms with E-state index in [4.69, 9.17) is 14.2 Å². The second-order valence-electron chi connectivity index (χ2n) is 6.79. The summed E-state index contributed by atoms with van der Waals surface area (Å²) < 4.78 is 16.4. The van der Waals surface area contributed by atoms with Gasteiger partial charge in [-0.1, -0.05) is 12.1 Å². The van der Waals surface area contributed by atoms with E-state index in [1.54, 1.807) is 0 Å². The first-order chi connectivity index (χ1) is 12.8. The van der Waals surface area contributed by atoms with Crippen LogP contribution in [-0.4, -0.2) is 39.0 Å². The maximum Gasteiger partial charge on any atom is 0.231 e. The second kappa shape index (κ2) is 6.21. The minimum absolute atomic E-state index is 0.0204. The molecular weight excluding hydrogens is 332 g/mol. The van der Waals surface area contributed by atoms with Gasteiger partial charge in [0.15, 0.2) is 11.5 Å². The first-order valence-electron chi connectivity index (χ1n) is 8.94. The Kier molecular flexibility index (Phi) is 3.71. The predicted molar refractivity (Wildman–Crippen MR) is 97.1 cm³/mol. The van der Waals surface area contributed by atoms with Crippen molar-refractivity contribution in [1.29, 1.82) is 0 Å². The molecule has 3 aliphatic rings. The number of hydrogen-bond acceptors (Lipinski definition) is 5. The third kappa shape index (κ3) is 2.66. The lowest BCUT2D eigenvalue weighted by Gasteiger charge is -2.30. The molecule has 3 aliphatic heterocycles. The predicted octanol–water partition coefficient (Wildman–Crippen LogP) is 2.73. The topological polar surface area (TPSA) is 60.0 Å². The molecule has 26 heavy (non-hydrogen) atoms. The lowest BCUT2D eigenvalue weighted by molar-refractivity contribution is -0.116.